The molecular weight excluding hydrogens is 270 g/mol. The van der Waals surface area contributed by atoms with Crippen molar-refractivity contribution in [2.75, 3.05) is 18.6 Å². The lowest BCUT2D eigenvalue weighted by Crippen LogP contribution is -2.42. The molecule has 0 unspecified atom stereocenters. The topological polar surface area (TPSA) is 55.8 Å². The van der Waals surface area contributed by atoms with E-state index in [2.05, 4.69) is 0 Å². The molecule has 5 heteroatoms. The highest BCUT2D eigenvalue weighted by molar-refractivity contribution is 5.94. The minimum atomic E-state index is -0.763. The molecule has 2 rings (SSSR count). The number of esters is 1. The van der Waals surface area contributed by atoms with E-state index in [9.17, 15) is 9.59 Å². The van der Waals surface area contributed by atoms with E-state index in [1.165, 1.54) is 0 Å². The van der Waals surface area contributed by atoms with Crippen LogP contribution in [0.1, 0.15) is 6.92 Å². The van der Waals surface area contributed by atoms with E-state index in [0.29, 0.717) is 11.9 Å². The predicted molar refractivity (Wildman–Crippen MR) is 79.2 cm³/mol. The minimum absolute atomic E-state index is 0.266. The highest BCUT2D eigenvalue weighted by Gasteiger charge is 2.31. The van der Waals surface area contributed by atoms with Gasteiger partial charge in [-0.3, -0.25) is 4.79 Å². The van der Waals surface area contributed by atoms with E-state index in [0.717, 1.165) is 11.4 Å². The summed E-state index contributed by atoms with van der Waals surface area (Å²) in [6.45, 7) is 2.00. The van der Waals surface area contributed by atoms with Crippen molar-refractivity contribution in [1.29, 1.82) is 0 Å². The molecule has 0 N–H and O–H groups in total. The summed E-state index contributed by atoms with van der Waals surface area (Å²) in [5.74, 6) is 0.273. The van der Waals surface area contributed by atoms with Gasteiger partial charge in [0.25, 0.3) is 0 Å². The molecule has 0 amide bonds. The Morgan fingerprint density at radius 2 is 2.05 bits per heavy atom. The van der Waals surface area contributed by atoms with Crippen LogP contribution in [0.15, 0.2) is 48.2 Å². The summed E-state index contributed by atoms with van der Waals surface area (Å²) < 4.78 is 10.2. The summed E-state index contributed by atoms with van der Waals surface area (Å²) in [5.41, 5.74) is 1.14. The molecule has 1 aliphatic rings. The molecule has 0 radical (unpaired) electrons. The number of ether oxygens (including phenoxy) is 2. The molecule has 0 saturated heterocycles. The van der Waals surface area contributed by atoms with Gasteiger partial charge in [-0.15, -0.1) is 0 Å². The standard InChI is InChI=1S/C16H17NO4/c1-3-21-16(19)15-12(11-18)5-4-10-17(15)13-6-8-14(20-2)9-7-13/h4-11,15H,3H2,1-2H3/t15-/m0/s1. The van der Waals surface area contributed by atoms with Gasteiger partial charge in [0, 0.05) is 17.5 Å². The molecule has 1 aromatic rings. The lowest BCUT2D eigenvalue weighted by molar-refractivity contribution is -0.144. The summed E-state index contributed by atoms with van der Waals surface area (Å²) in [6.07, 6.45) is 5.77. The molecule has 0 aliphatic carbocycles. The number of hydrogen-bond acceptors (Lipinski definition) is 5. The van der Waals surface area contributed by atoms with Crippen molar-refractivity contribution in [3.63, 3.8) is 0 Å². The number of carbonyl (C=O) groups excluding carboxylic acids is 2. The number of allylic oxidation sites excluding steroid dienone is 2. The Balaban J connectivity index is 2.34. The van der Waals surface area contributed by atoms with Crippen LogP contribution in [0.3, 0.4) is 0 Å². The second kappa shape index (κ2) is 6.74. The largest absolute Gasteiger partial charge is 0.497 e. The van der Waals surface area contributed by atoms with Crippen LogP contribution < -0.4 is 9.64 Å². The van der Waals surface area contributed by atoms with E-state index in [1.807, 2.05) is 12.1 Å². The van der Waals surface area contributed by atoms with Crippen LogP contribution in [0.4, 0.5) is 5.69 Å². The first-order valence-electron chi connectivity index (χ1n) is 6.63. The van der Waals surface area contributed by atoms with Gasteiger partial charge in [-0.2, -0.15) is 0 Å². The molecule has 21 heavy (non-hydrogen) atoms. The third kappa shape index (κ3) is 3.13. The zero-order valence-corrected chi connectivity index (χ0v) is 12.0. The molecular formula is C16H17NO4. The van der Waals surface area contributed by atoms with Crippen molar-refractivity contribution >= 4 is 17.9 Å². The third-order valence-corrected chi connectivity index (χ3v) is 3.15. The molecule has 0 spiro atoms. The normalized spacial score (nSPS) is 17.1. The summed E-state index contributed by atoms with van der Waals surface area (Å²) in [6, 6.07) is 6.47. The number of hydrogen-bond donors (Lipinski definition) is 0. The van der Waals surface area contributed by atoms with Gasteiger partial charge in [0.15, 0.2) is 6.04 Å². The van der Waals surface area contributed by atoms with Crippen LogP contribution in [-0.2, 0) is 14.3 Å². The highest BCUT2D eigenvalue weighted by Crippen LogP contribution is 2.26. The molecule has 0 fully saturated rings. The average molecular weight is 287 g/mol. The lowest BCUT2D eigenvalue weighted by atomic mass is 10.0. The van der Waals surface area contributed by atoms with Crippen molar-refractivity contribution < 1.29 is 19.1 Å². The minimum Gasteiger partial charge on any atom is -0.497 e. The molecule has 0 aromatic heterocycles. The van der Waals surface area contributed by atoms with E-state index in [1.54, 1.807) is 49.4 Å². The van der Waals surface area contributed by atoms with Crippen molar-refractivity contribution in [2.45, 2.75) is 13.0 Å². The van der Waals surface area contributed by atoms with E-state index >= 15 is 0 Å². The Morgan fingerprint density at radius 3 is 2.62 bits per heavy atom. The third-order valence-electron chi connectivity index (χ3n) is 3.15. The Morgan fingerprint density at radius 1 is 1.33 bits per heavy atom. The van der Waals surface area contributed by atoms with Gasteiger partial charge in [0.2, 0.25) is 0 Å². The zero-order valence-electron chi connectivity index (χ0n) is 12.0. The van der Waals surface area contributed by atoms with E-state index in [-0.39, 0.29) is 6.61 Å². The fourth-order valence-electron chi connectivity index (χ4n) is 2.15. The second-order valence-corrected chi connectivity index (χ2v) is 4.39. The zero-order chi connectivity index (χ0) is 15.2. The van der Waals surface area contributed by atoms with Crippen molar-refractivity contribution in [3.05, 3.63) is 48.2 Å². The van der Waals surface area contributed by atoms with Crippen LogP contribution in [0.5, 0.6) is 5.75 Å². The van der Waals surface area contributed by atoms with Crippen molar-refractivity contribution in [1.82, 2.24) is 0 Å². The molecule has 5 nitrogen and oxygen atoms in total. The molecule has 1 aromatic carbocycles. The maximum atomic E-state index is 12.2. The molecule has 1 atom stereocenters. The SMILES string of the molecule is CCOC(=O)[C@@H]1C(C=O)=CC=CN1c1ccc(OC)cc1. The van der Waals surface area contributed by atoms with Crippen LogP contribution in [-0.4, -0.2) is 32.0 Å². The second-order valence-electron chi connectivity index (χ2n) is 4.39. The first-order chi connectivity index (χ1) is 10.2. The summed E-state index contributed by atoms with van der Waals surface area (Å²) in [4.78, 5) is 25.1. The first kappa shape index (κ1) is 14.8. The van der Waals surface area contributed by atoms with E-state index in [4.69, 9.17) is 9.47 Å². The maximum Gasteiger partial charge on any atom is 0.333 e. The van der Waals surface area contributed by atoms with Crippen LogP contribution in [0.2, 0.25) is 0 Å². The first-order valence-corrected chi connectivity index (χ1v) is 6.63. The lowest BCUT2D eigenvalue weighted by Gasteiger charge is -2.31. The van der Waals surface area contributed by atoms with Crippen LogP contribution in [0, 0.1) is 0 Å². The van der Waals surface area contributed by atoms with Gasteiger partial charge >= 0.3 is 5.97 Å². The fourth-order valence-corrected chi connectivity index (χ4v) is 2.15. The molecule has 0 saturated carbocycles. The van der Waals surface area contributed by atoms with Gasteiger partial charge in [-0.1, -0.05) is 6.08 Å². The van der Waals surface area contributed by atoms with Crippen LogP contribution >= 0.6 is 0 Å². The summed E-state index contributed by atoms with van der Waals surface area (Å²) >= 11 is 0. The Kier molecular flexibility index (Phi) is 4.77. The van der Waals surface area contributed by atoms with Crippen molar-refractivity contribution in [2.24, 2.45) is 0 Å². The Bertz CT molecular complexity index is 574. The number of benzene rings is 1. The quantitative estimate of drug-likeness (QED) is 0.613. The number of methoxy groups -OCH3 is 1. The van der Waals surface area contributed by atoms with Crippen LogP contribution in [0.25, 0.3) is 0 Å². The fraction of sp³-hybridized carbons (Fsp3) is 0.250. The maximum absolute atomic E-state index is 12.2. The smallest absolute Gasteiger partial charge is 0.333 e. The van der Waals surface area contributed by atoms with Crippen molar-refractivity contribution in [3.8, 4) is 5.75 Å². The number of carbonyl (C=O) groups is 2. The summed E-state index contributed by atoms with van der Waals surface area (Å²) in [7, 11) is 1.59. The van der Waals surface area contributed by atoms with Gasteiger partial charge in [-0.05, 0) is 37.3 Å². The number of aldehydes is 1. The van der Waals surface area contributed by atoms with Gasteiger partial charge in [-0.25, -0.2) is 4.79 Å². The Labute approximate surface area is 123 Å². The number of nitrogens with zero attached hydrogens (tertiary/aromatic N) is 1. The highest BCUT2D eigenvalue weighted by atomic mass is 16.5. The van der Waals surface area contributed by atoms with E-state index < -0.39 is 12.0 Å². The molecule has 0 bridgehead atoms. The van der Waals surface area contributed by atoms with Gasteiger partial charge in [0.05, 0.1) is 13.7 Å². The van der Waals surface area contributed by atoms with Gasteiger partial charge < -0.3 is 14.4 Å². The monoisotopic (exact) mass is 287 g/mol. The summed E-state index contributed by atoms with van der Waals surface area (Å²) in [5, 5.41) is 0. The molecule has 110 valence electrons. The Hall–Kier alpha value is -2.56. The molecule has 1 heterocycles. The average Bonchev–Trinajstić information content (AvgIpc) is 2.54. The number of rotatable bonds is 5. The van der Waals surface area contributed by atoms with Gasteiger partial charge in [0.1, 0.15) is 12.0 Å². The predicted octanol–water partition coefficient (Wildman–Crippen LogP) is 2.09. The molecule has 1 aliphatic heterocycles. The number of anilines is 1.